The molecule has 0 aliphatic heterocycles. The molecular formula is C7H21OSi3. The van der Waals surface area contributed by atoms with Gasteiger partial charge in [-0.25, -0.2) is 0 Å². The van der Waals surface area contributed by atoms with E-state index in [1.165, 1.54) is 21.3 Å². The second kappa shape index (κ2) is 4.59. The lowest BCUT2D eigenvalue weighted by Gasteiger charge is -2.30. The summed E-state index contributed by atoms with van der Waals surface area (Å²) in [5.41, 5.74) is 1.53. The summed E-state index contributed by atoms with van der Waals surface area (Å²) in [6.07, 6.45) is 0. The highest BCUT2D eigenvalue weighted by Gasteiger charge is 2.28. The van der Waals surface area contributed by atoms with Gasteiger partial charge in [-0.2, -0.15) is 0 Å². The lowest BCUT2D eigenvalue weighted by atomic mass is 10.6. The van der Waals surface area contributed by atoms with E-state index in [-0.39, 0.29) is 0 Å². The SMILES string of the molecule is CC[SiH]([SiH3])O[Si](C)(C)[C](C)C. The van der Waals surface area contributed by atoms with Crippen molar-refractivity contribution in [3.8, 4) is 0 Å². The molecule has 0 amide bonds. The summed E-state index contributed by atoms with van der Waals surface area (Å²) in [6.45, 7) is 11.3. The summed E-state index contributed by atoms with van der Waals surface area (Å²) < 4.78 is 6.15. The molecule has 0 saturated carbocycles. The second-order valence-electron chi connectivity index (χ2n) is 3.85. The standard InChI is InChI=1S/C7H21OSi3/c1-6-10(9)8-11(4,5)7(2)3/h10H,6H2,1-5,9H3. The molecule has 1 unspecified atom stereocenters. The molecule has 1 nitrogen and oxygen atoms in total. The van der Waals surface area contributed by atoms with E-state index in [1.807, 2.05) is 0 Å². The number of hydrogen-bond acceptors (Lipinski definition) is 1. The third-order valence-corrected chi connectivity index (χ3v) is 14.4. The highest BCUT2D eigenvalue weighted by molar-refractivity contribution is 7.03. The Hall–Kier alpha value is 0.611. The molecule has 0 aromatic carbocycles. The van der Waals surface area contributed by atoms with Crippen molar-refractivity contribution in [1.29, 1.82) is 0 Å². The van der Waals surface area contributed by atoms with Gasteiger partial charge in [0.25, 0.3) is 0 Å². The first-order valence-corrected chi connectivity index (χ1v) is 13.2. The normalized spacial score (nSPS) is 15.8. The Kier molecular flexibility index (Phi) is 4.85. The van der Waals surface area contributed by atoms with Crippen LogP contribution in [-0.2, 0) is 4.12 Å². The first kappa shape index (κ1) is 11.6. The molecule has 0 heterocycles. The summed E-state index contributed by atoms with van der Waals surface area (Å²) >= 11 is 0. The van der Waals surface area contributed by atoms with Gasteiger partial charge in [0.05, 0.1) is 0 Å². The lowest BCUT2D eigenvalue weighted by Crippen LogP contribution is -2.42. The Morgan fingerprint density at radius 2 is 1.91 bits per heavy atom. The highest BCUT2D eigenvalue weighted by atomic mass is 29.2. The Morgan fingerprint density at radius 3 is 2.18 bits per heavy atom. The van der Waals surface area contributed by atoms with Crippen molar-refractivity contribution in [2.24, 2.45) is 0 Å². The van der Waals surface area contributed by atoms with Crippen LogP contribution in [-0.4, -0.2) is 26.6 Å². The summed E-state index contributed by atoms with van der Waals surface area (Å²) in [5.74, 6) is 0. The van der Waals surface area contributed by atoms with Crippen molar-refractivity contribution >= 4 is 26.6 Å². The molecule has 0 aromatic rings. The highest BCUT2D eigenvalue weighted by Crippen LogP contribution is 2.18. The summed E-state index contributed by atoms with van der Waals surface area (Å²) in [6, 6.07) is 1.32. The van der Waals surface area contributed by atoms with Crippen molar-refractivity contribution in [2.45, 2.75) is 39.9 Å². The average Bonchev–Trinajstić information content (AvgIpc) is 1.86. The van der Waals surface area contributed by atoms with Crippen LogP contribution in [0.3, 0.4) is 0 Å². The van der Waals surface area contributed by atoms with Crippen LogP contribution in [0, 0.1) is 5.54 Å². The van der Waals surface area contributed by atoms with Gasteiger partial charge in [0.1, 0.15) is 8.56 Å². The van der Waals surface area contributed by atoms with Gasteiger partial charge in [0.2, 0.25) is 0 Å². The molecule has 0 saturated heterocycles. The second-order valence-corrected chi connectivity index (χ2v) is 15.1. The van der Waals surface area contributed by atoms with Gasteiger partial charge in [-0.15, -0.1) is 0 Å². The van der Waals surface area contributed by atoms with Crippen LogP contribution in [0.5, 0.6) is 0 Å². The average molecular weight is 206 g/mol. The lowest BCUT2D eigenvalue weighted by molar-refractivity contribution is 0.579. The van der Waals surface area contributed by atoms with E-state index in [2.05, 4.69) is 33.9 Å². The van der Waals surface area contributed by atoms with Gasteiger partial charge >= 0.3 is 0 Å². The summed E-state index contributed by atoms with van der Waals surface area (Å²) in [7, 11) is -0.730. The first-order valence-electron chi connectivity index (χ1n) is 4.38. The summed E-state index contributed by atoms with van der Waals surface area (Å²) in [5, 5.41) is 0. The third-order valence-electron chi connectivity index (χ3n) is 2.27. The maximum absolute atomic E-state index is 6.15. The van der Waals surface area contributed by atoms with Gasteiger partial charge in [-0.3, -0.25) is 0 Å². The van der Waals surface area contributed by atoms with Crippen LogP contribution in [0.2, 0.25) is 19.1 Å². The van der Waals surface area contributed by atoms with Crippen molar-refractivity contribution in [3.05, 3.63) is 5.54 Å². The first-order chi connectivity index (χ1) is 4.90. The fourth-order valence-corrected chi connectivity index (χ4v) is 11.6. The maximum Gasteiger partial charge on any atom is 0.178 e. The molecule has 11 heavy (non-hydrogen) atoms. The van der Waals surface area contributed by atoms with E-state index in [9.17, 15) is 0 Å². The van der Waals surface area contributed by atoms with Crippen LogP contribution in [0.1, 0.15) is 20.8 Å². The van der Waals surface area contributed by atoms with Gasteiger partial charge in [-0.1, -0.05) is 20.8 Å². The molecule has 4 heteroatoms. The Morgan fingerprint density at radius 1 is 1.45 bits per heavy atom. The predicted octanol–water partition coefficient (Wildman–Crippen LogP) is 0.967. The zero-order valence-electron chi connectivity index (χ0n) is 8.69. The molecule has 67 valence electrons. The molecule has 1 atom stereocenters. The minimum absolute atomic E-state index is 0.683. The quantitative estimate of drug-likeness (QED) is 0.622. The fourth-order valence-electron chi connectivity index (χ4n) is 0.704. The Labute approximate surface area is 76.6 Å². The van der Waals surface area contributed by atoms with Crippen LogP contribution in [0.25, 0.3) is 0 Å². The van der Waals surface area contributed by atoms with E-state index in [1.54, 1.807) is 0 Å². The van der Waals surface area contributed by atoms with E-state index >= 15 is 0 Å². The predicted molar refractivity (Wildman–Crippen MR) is 60.7 cm³/mol. The minimum atomic E-state index is -1.35. The summed E-state index contributed by atoms with van der Waals surface area (Å²) in [4.78, 5) is 0. The van der Waals surface area contributed by atoms with E-state index < -0.39 is 16.9 Å². The van der Waals surface area contributed by atoms with Crippen LogP contribution in [0.4, 0.5) is 0 Å². The molecule has 0 bridgehead atoms. The maximum atomic E-state index is 6.15. The third kappa shape index (κ3) is 4.25. The number of rotatable bonds is 4. The van der Waals surface area contributed by atoms with E-state index in [0.717, 1.165) is 0 Å². The zero-order chi connectivity index (χ0) is 9.07. The molecule has 1 radical (unpaired) electrons. The molecule has 0 N–H and O–H groups in total. The molecule has 0 aromatic heterocycles. The van der Waals surface area contributed by atoms with Gasteiger partial charge in [-0.05, 0) is 24.7 Å². The Bertz CT molecular complexity index is 114. The largest absolute Gasteiger partial charge is 0.461 e. The van der Waals surface area contributed by atoms with Gasteiger partial charge < -0.3 is 4.12 Å². The smallest absolute Gasteiger partial charge is 0.178 e. The van der Waals surface area contributed by atoms with E-state index in [4.69, 9.17) is 4.12 Å². The van der Waals surface area contributed by atoms with Crippen LogP contribution >= 0.6 is 0 Å². The zero-order valence-corrected chi connectivity index (χ0v) is 12.8. The Balaban J connectivity index is 3.90. The monoisotopic (exact) mass is 205 g/mol. The van der Waals surface area contributed by atoms with Crippen molar-refractivity contribution in [2.75, 3.05) is 0 Å². The van der Waals surface area contributed by atoms with E-state index in [0.29, 0.717) is 0 Å². The van der Waals surface area contributed by atoms with Gasteiger partial charge in [0, 0.05) is 9.76 Å². The molecule has 0 aliphatic carbocycles. The molecular weight excluding hydrogens is 184 g/mol. The molecule has 0 aliphatic rings. The number of hydrogen-bond donors (Lipinski definition) is 0. The van der Waals surface area contributed by atoms with Crippen molar-refractivity contribution < 1.29 is 4.12 Å². The van der Waals surface area contributed by atoms with Gasteiger partial charge in [0.15, 0.2) is 8.32 Å². The van der Waals surface area contributed by atoms with Crippen LogP contribution < -0.4 is 0 Å². The molecule has 0 rings (SSSR count). The van der Waals surface area contributed by atoms with Crippen LogP contribution in [0.15, 0.2) is 0 Å². The van der Waals surface area contributed by atoms with Crippen molar-refractivity contribution in [3.63, 3.8) is 0 Å². The van der Waals surface area contributed by atoms with Crippen molar-refractivity contribution in [1.82, 2.24) is 0 Å². The topological polar surface area (TPSA) is 9.23 Å². The molecule has 0 fully saturated rings. The minimum Gasteiger partial charge on any atom is -0.461 e. The fraction of sp³-hybridized carbons (Fsp3) is 0.857. The molecule has 0 spiro atoms.